The molecule has 0 saturated carbocycles. The summed E-state index contributed by atoms with van der Waals surface area (Å²) in [6.45, 7) is 4.05. The average molecular weight is 924 g/mol. The first-order chi connectivity index (χ1) is 32.6. The van der Waals surface area contributed by atoms with E-state index >= 15 is 0 Å². The number of allylic oxidation sites excluding steroid dienone is 10. The molecule has 1 atom stereocenters. The maximum absolute atomic E-state index is 12.3. The normalized spacial score (nSPS) is 12.6. The minimum Gasteiger partial charge on any atom is -0.462 e. The van der Waals surface area contributed by atoms with Crippen molar-refractivity contribution in [3.05, 3.63) is 60.8 Å². The summed E-state index contributed by atoms with van der Waals surface area (Å²) in [5.41, 5.74) is 0. The third-order valence-corrected chi connectivity index (χ3v) is 12.8. The van der Waals surface area contributed by atoms with Gasteiger partial charge in [-0.3, -0.25) is 9.59 Å². The first kappa shape index (κ1) is 63.6. The Morgan fingerprint density at radius 2 is 0.652 bits per heavy atom. The molecule has 0 saturated heterocycles. The molecule has 0 aromatic carbocycles. The Morgan fingerprint density at radius 1 is 0.364 bits per heavy atom. The van der Waals surface area contributed by atoms with E-state index < -0.39 is 6.10 Å². The molecule has 1 N–H and O–H groups in total. The van der Waals surface area contributed by atoms with E-state index in [9.17, 15) is 14.7 Å². The number of hydrogen-bond donors (Lipinski definition) is 1. The predicted molar refractivity (Wildman–Crippen MR) is 288 cm³/mol. The molecule has 0 aliphatic heterocycles. The molecular formula is C61H110O5. The number of ether oxygens (including phenoxy) is 2. The maximum atomic E-state index is 12.3. The number of aliphatic hydroxyl groups is 1. The van der Waals surface area contributed by atoms with Gasteiger partial charge in [-0.2, -0.15) is 0 Å². The van der Waals surface area contributed by atoms with Crippen LogP contribution < -0.4 is 0 Å². The Hall–Kier alpha value is -2.40. The molecule has 0 rings (SSSR count). The Labute approximate surface area is 411 Å². The fraction of sp³-hybridized carbons (Fsp3) is 0.803. The summed E-state index contributed by atoms with van der Waals surface area (Å²) in [5, 5.41) is 9.65. The quantitative estimate of drug-likeness (QED) is 0.0374. The van der Waals surface area contributed by atoms with Crippen LogP contribution in [0.15, 0.2) is 60.8 Å². The number of aliphatic hydroxyl groups excluding tert-OH is 1. The second-order valence-electron chi connectivity index (χ2n) is 19.3. The van der Waals surface area contributed by atoms with E-state index in [4.69, 9.17) is 9.47 Å². The SMILES string of the molecule is CC/C=C\C/C=C\C/C=C\C/C=C\C/C=C\CCCCCCCC(=O)OC(CO)COC(=O)CCCCCCCCCCCCCCCCCCCCCCCCCCCCCCCCC. The lowest BCUT2D eigenvalue weighted by molar-refractivity contribution is -0.161. The van der Waals surface area contributed by atoms with Crippen LogP contribution in [0.4, 0.5) is 0 Å². The van der Waals surface area contributed by atoms with Crippen molar-refractivity contribution in [2.24, 2.45) is 0 Å². The van der Waals surface area contributed by atoms with Gasteiger partial charge < -0.3 is 14.6 Å². The van der Waals surface area contributed by atoms with Crippen molar-refractivity contribution in [1.82, 2.24) is 0 Å². The average Bonchev–Trinajstić information content (AvgIpc) is 3.32. The van der Waals surface area contributed by atoms with Crippen molar-refractivity contribution in [1.29, 1.82) is 0 Å². The van der Waals surface area contributed by atoms with Crippen LogP contribution in [0.25, 0.3) is 0 Å². The number of unbranched alkanes of at least 4 members (excludes halogenated alkanes) is 35. The van der Waals surface area contributed by atoms with Gasteiger partial charge >= 0.3 is 11.9 Å². The van der Waals surface area contributed by atoms with Crippen LogP contribution in [0, 0.1) is 0 Å². The van der Waals surface area contributed by atoms with Gasteiger partial charge in [-0.15, -0.1) is 0 Å². The highest BCUT2D eigenvalue weighted by molar-refractivity contribution is 5.70. The standard InChI is InChI=1S/C61H110O5/c1-3-5-7-9-11-13-15-17-19-21-23-25-26-27-28-29-30-31-32-33-34-36-37-39-41-43-45-47-49-51-53-55-60(63)65-58-59(57-62)66-61(64)56-54-52-50-48-46-44-42-40-38-35-24-22-20-18-16-14-12-10-8-6-4-2/h6,8,12,14,18,20,24,35,40,42,59,62H,3-5,7,9-11,13,15-17,19,21-23,25-34,36-39,41,43-58H2,1-2H3/b8-6-,14-12-,20-18-,35-24-,42-40-. The second-order valence-corrected chi connectivity index (χ2v) is 19.3. The van der Waals surface area contributed by atoms with Crippen molar-refractivity contribution < 1.29 is 24.2 Å². The second kappa shape index (κ2) is 56.9. The van der Waals surface area contributed by atoms with Crippen molar-refractivity contribution >= 4 is 11.9 Å². The molecule has 66 heavy (non-hydrogen) atoms. The van der Waals surface area contributed by atoms with Gasteiger partial charge in [0.1, 0.15) is 6.61 Å². The summed E-state index contributed by atoms with van der Waals surface area (Å²) in [6, 6.07) is 0. The van der Waals surface area contributed by atoms with Crippen molar-refractivity contribution in [2.45, 2.75) is 302 Å². The Balaban J connectivity index is 3.45. The van der Waals surface area contributed by atoms with Crippen LogP contribution in [0.5, 0.6) is 0 Å². The zero-order valence-corrected chi connectivity index (χ0v) is 44.0. The van der Waals surface area contributed by atoms with E-state index in [-0.39, 0.29) is 25.2 Å². The Kier molecular flexibility index (Phi) is 54.9. The molecule has 0 spiro atoms. The molecule has 0 aromatic heterocycles. The summed E-state index contributed by atoms with van der Waals surface area (Å²) < 4.78 is 10.7. The van der Waals surface area contributed by atoms with Gasteiger partial charge in [0, 0.05) is 12.8 Å². The highest BCUT2D eigenvalue weighted by atomic mass is 16.6. The highest BCUT2D eigenvalue weighted by Gasteiger charge is 2.16. The van der Waals surface area contributed by atoms with Gasteiger partial charge in [-0.25, -0.2) is 0 Å². The lowest BCUT2D eigenvalue weighted by Crippen LogP contribution is -2.28. The molecule has 0 aliphatic carbocycles. The van der Waals surface area contributed by atoms with Gasteiger partial charge in [0.15, 0.2) is 6.10 Å². The summed E-state index contributed by atoms with van der Waals surface area (Å²) in [7, 11) is 0. The Bertz CT molecular complexity index is 1130. The zero-order valence-electron chi connectivity index (χ0n) is 44.0. The predicted octanol–water partition coefficient (Wildman–Crippen LogP) is 19.4. The number of esters is 2. The molecule has 0 amide bonds. The van der Waals surface area contributed by atoms with E-state index in [1.807, 2.05) is 0 Å². The van der Waals surface area contributed by atoms with E-state index in [1.54, 1.807) is 0 Å². The molecular weight excluding hydrogens is 813 g/mol. The minimum absolute atomic E-state index is 0.0729. The smallest absolute Gasteiger partial charge is 0.306 e. The van der Waals surface area contributed by atoms with Crippen molar-refractivity contribution in [2.75, 3.05) is 13.2 Å². The molecule has 5 nitrogen and oxygen atoms in total. The third-order valence-electron chi connectivity index (χ3n) is 12.8. The van der Waals surface area contributed by atoms with Gasteiger partial charge in [-0.05, 0) is 57.8 Å². The van der Waals surface area contributed by atoms with Crippen LogP contribution in [-0.2, 0) is 19.1 Å². The van der Waals surface area contributed by atoms with Gasteiger partial charge in [0.2, 0.25) is 0 Å². The fourth-order valence-electron chi connectivity index (χ4n) is 8.53. The number of carbonyl (C=O) groups is 2. The fourth-order valence-corrected chi connectivity index (χ4v) is 8.53. The minimum atomic E-state index is -0.784. The number of hydrogen-bond acceptors (Lipinski definition) is 5. The molecule has 0 radical (unpaired) electrons. The lowest BCUT2D eigenvalue weighted by Gasteiger charge is -2.15. The van der Waals surface area contributed by atoms with E-state index in [2.05, 4.69) is 74.6 Å². The monoisotopic (exact) mass is 923 g/mol. The summed E-state index contributed by atoms with van der Waals surface area (Å²) >= 11 is 0. The molecule has 384 valence electrons. The van der Waals surface area contributed by atoms with Gasteiger partial charge in [0.25, 0.3) is 0 Å². The first-order valence-corrected chi connectivity index (χ1v) is 28.8. The molecule has 5 heteroatoms. The summed E-state index contributed by atoms with van der Waals surface area (Å²) in [6.07, 6.45) is 76.4. The molecule has 0 heterocycles. The summed E-state index contributed by atoms with van der Waals surface area (Å²) in [5.74, 6) is -0.602. The van der Waals surface area contributed by atoms with Crippen LogP contribution in [0.1, 0.15) is 296 Å². The van der Waals surface area contributed by atoms with Gasteiger partial charge in [-0.1, -0.05) is 286 Å². The first-order valence-electron chi connectivity index (χ1n) is 28.8. The van der Waals surface area contributed by atoms with E-state index in [0.717, 1.165) is 89.9 Å². The highest BCUT2D eigenvalue weighted by Crippen LogP contribution is 2.17. The molecule has 1 unspecified atom stereocenters. The number of rotatable bonds is 53. The largest absolute Gasteiger partial charge is 0.462 e. The van der Waals surface area contributed by atoms with Crippen LogP contribution in [0.3, 0.4) is 0 Å². The van der Waals surface area contributed by atoms with E-state index in [1.165, 1.54) is 180 Å². The number of carbonyl (C=O) groups excluding carboxylic acids is 2. The third kappa shape index (κ3) is 54.2. The molecule has 0 bridgehead atoms. The lowest BCUT2D eigenvalue weighted by atomic mass is 10.0. The van der Waals surface area contributed by atoms with E-state index in [0.29, 0.717) is 12.8 Å². The van der Waals surface area contributed by atoms with Gasteiger partial charge in [0.05, 0.1) is 6.61 Å². The van der Waals surface area contributed by atoms with Crippen LogP contribution >= 0.6 is 0 Å². The van der Waals surface area contributed by atoms with Crippen LogP contribution in [-0.4, -0.2) is 36.4 Å². The van der Waals surface area contributed by atoms with Crippen molar-refractivity contribution in [3.8, 4) is 0 Å². The topological polar surface area (TPSA) is 72.8 Å². The molecule has 0 aliphatic rings. The van der Waals surface area contributed by atoms with Crippen molar-refractivity contribution in [3.63, 3.8) is 0 Å². The molecule has 0 fully saturated rings. The zero-order chi connectivity index (χ0) is 47.7. The Morgan fingerprint density at radius 3 is 0.985 bits per heavy atom. The molecule has 0 aromatic rings. The maximum Gasteiger partial charge on any atom is 0.306 e. The van der Waals surface area contributed by atoms with Crippen LogP contribution in [0.2, 0.25) is 0 Å². The summed E-state index contributed by atoms with van der Waals surface area (Å²) in [4.78, 5) is 24.5.